The van der Waals surface area contributed by atoms with Crippen LogP contribution in [0.25, 0.3) is 10.8 Å². The van der Waals surface area contributed by atoms with Gasteiger partial charge in [-0.25, -0.2) is 0 Å². The minimum absolute atomic E-state index is 0.0320. The number of hydrogen-bond acceptors (Lipinski definition) is 8. The maximum Gasteiger partial charge on any atom is 0.306 e. The Balaban J connectivity index is 0.684. The van der Waals surface area contributed by atoms with Crippen molar-refractivity contribution in [1.29, 1.82) is 0 Å². The van der Waals surface area contributed by atoms with Gasteiger partial charge in [-0.3, -0.25) is 4.79 Å². The van der Waals surface area contributed by atoms with Crippen LogP contribution < -0.4 is 14.2 Å². The molecule has 0 amide bonds. The molecule has 0 aromatic heterocycles. The van der Waals surface area contributed by atoms with Crippen LogP contribution in [-0.4, -0.2) is 37.0 Å². The molecule has 67 heavy (non-hydrogen) atoms. The molecule has 3 fully saturated rings. The van der Waals surface area contributed by atoms with Gasteiger partial charge in [-0.05, 0) is 207 Å². The van der Waals surface area contributed by atoms with Gasteiger partial charge in [0, 0.05) is 12.8 Å². The lowest BCUT2D eigenvalue weighted by Gasteiger charge is -2.58. The van der Waals surface area contributed by atoms with E-state index in [9.17, 15) is 9.90 Å². The summed E-state index contributed by atoms with van der Waals surface area (Å²) in [5, 5.41) is 20.1. The van der Waals surface area contributed by atoms with E-state index in [2.05, 4.69) is 75.2 Å². The molecule has 360 valence electrons. The number of fused-ring (bicyclic) bond motifs is 6. The van der Waals surface area contributed by atoms with Gasteiger partial charge >= 0.3 is 5.97 Å². The Morgan fingerprint density at radius 1 is 0.672 bits per heavy atom. The number of nitrogens with zero attached hydrogens (tertiary/aromatic N) is 2. The molecule has 8 rings (SSSR count). The van der Waals surface area contributed by atoms with Gasteiger partial charge in [-0.1, -0.05) is 77.7 Å². The normalized spacial score (nSPS) is 26.1. The number of phenols is 1. The zero-order valence-electron chi connectivity index (χ0n) is 41.2. The van der Waals surface area contributed by atoms with Crippen LogP contribution >= 0.6 is 0 Å². The third-order valence-corrected chi connectivity index (χ3v) is 16.7. The lowest BCUT2D eigenvalue weighted by Crippen LogP contribution is -2.51. The molecule has 0 spiro atoms. The van der Waals surface area contributed by atoms with Crippen LogP contribution in [0.1, 0.15) is 144 Å². The average Bonchev–Trinajstić information content (AvgIpc) is 3.68. The first-order chi connectivity index (χ1) is 32.5. The second kappa shape index (κ2) is 22.5. The predicted molar refractivity (Wildman–Crippen MR) is 270 cm³/mol. The number of esters is 1. The molecule has 3 saturated carbocycles. The number of unbranched alkanes of at least 4 members (excludes halogenated alkanes) is 3. The van der Waals surface area contributed by atoms with Gasteiger partial charge < -0.3 is 24.1 Å². The van der Waals surface area contributed by atoms with Gasteiger partial charge in [0.1, 0.15) is 29.1 Å². The number of benzene rings is 4. The van der Waals surface area contributed by atoms with E-state index in [1.165, 1.54) is 51.4 Å². The number of phenolic OH excluding ortho intramolecular Hbond substituents is 1. The SMILES string of the molecule is CC(C)CCC[C@@H](C)[C@H]1CC[C@H]2[C@@H]3CC=C4C[C@@H](OC(=O)CCCCCOc5ccc6cc(OCCCCOc7ccc(N=Nc8ccc(O)cc8)cc7)ccc6c5)CC[C@]4(C)[C@H]3CC[C@]12C. The fourth-order valence-electron chi connectivity index (χ4n) is 12.9. The summed E-state index contributed by atoms with van der Waals surface area (Å²) >= 11 is 0. The molecule has 8 heteroatoms. The smallest absolute Gasteiger partial charge is 0.306 e. The van der Waals surface area contributed by atoms with E-state index in [0.29, 0.717) is 37.3 Å². The van der Waals surface area contributed by atoms with Crippen LogP contribution in [0.2, 0.25) is 0 Å². The third-order valence-electron chi connectivity index (χ3n) is 16.7. The molecule has 0 saturated heterocycles. The lowest BCUT2D eigenvalue weighted by molar-refractivity contribution is -0.151. The molecule has 4 aliphatic rings. The number of rotatable bonds is 22. The number of allylic oxidation sites excluding steroid dienone is 1. The molecule has 0 aliphatic heterocycles. The summed E-state index contributed by atoms with van der Waals surface area (Å²) in [6, 6.07) is 26.5. The van der Waals surface area contributed by atoms with Crippen molar-refractivity contribution in [3.8, 4) is 23.0 Å². The van der Waals surface area contributed by atoms with E-state index in [0.717, 1.165) is 121 Å². The van der Waals surface area contributed by atoms with E-state index in [-0.39, 0.29) is 23.2 Å². The topological polar surface area (TPSA) is 98.9 Å². The van der Waals surface area contributed by atoms with Gasteiger partial charge in [0.25, 0.3) is 0 Å². The van der Waals surface area contributed by atoms with Crippen LogP contribution in [0.5, 0.6) is 23.0 Å². The Bertz CT molecular complexity index is 2290. The second-order valence-corrected chi connectivity index (χ2v) is 21.6. The zero-order valence-corrected chi connectivity index (χ0v) is 41.2. The summed E-state index contributed by atoms with van der Waals surface area (Å²) < 4.78 is 24.2. The number of aromatic hydroxyl groups is 1. The largest absolute Gasteiger partial charge is 0.508 e. The Morgan fingerprint density at radius 2 is 1.28 bits per heavy atom. The van der Waals surface area contributed by atoms with Crippen molar-refractivity contribution < 1.29 is 28.8 Å². The predicted octanol–water partition coefficient (Wildman–Crippen LogP) is 16.1. The number of carbonyl (C=O) groups is 1. The molecule has 4 aromatic carbocycles. The first-order valence-electron chi connectivity index (χ1n) is 26.1. The minimum Gasteiger partial charge on any atom is -0.508 e. The molecule has 1 N–H and O–H groups in total. The average molecular weight is 911 g/mol. The second-order valence-electron chi connectivity index (χ2n) is 21.6. The Hall–Kier alpha value is -4.85. The highest BCUT2D eigenvalue weighted by atomic mass is 16.5. The van der Waals surface area contributed by atoms with E-state index in [4.69, 9.17) is 18.9 Å². The Labute approximate surface area is 401 Å². The van der Waals surface area contributed by atoms with Gasteiger partial charge in [0.15, 0.2) is 0 Å². The first-order valence-corrected chi connectivity index (χ1v) is 26.1. The molecular weight excluding hydrogens is 833 g/mol. The number of azo groups is 1. The molecule has 0 radical (unpaired) electrons. The molecule has 0 heterocycles. The highest BCUT2D eigenvalue weighted by Gasteiger charge is 2.59. The van der Waals surface area contributed by atoms with E-state index in [1.54, 1.807) is 29.8 Å². The van der Waals surface area contributed by atoms with Gasteiger partial charge in [-0.15, -0.1) is 0 Å². The van der Waals surface area contributed by atoms with Crippen molar-refractivity contribution in [2.45, 2.75) is 150 Å². The van der Waals surface area contributed by atoms with Gasteiger partial charge in [0.2, 0.25) is 0 Å². The standard InChI is InChI=1S/C59H78N2O6/c1-41(2)12-11-13-42(3)54-29-30-55-53-28-17-45-40-52(31-33-58(45,4)56(53)32-34-59(54,55)5)67-57(63)14-7-6-8-35-65-50-24-15-44-39-51(25-16-43(44)38-50)66-37-10-9-36-64-49-26-20-47(21-27-49)61-60-46-18-22-48(62)23-19-46/h15-27,38-39,41-42,52-56,62H,6-14,28-37,40H2,1-5H3/t42-,52+,53+,54-,55+,56+,58+,59-/m1/s1. The first kappa shape index (κ1) is 48.6. The fraction of sp³-hybridized carbons (Fsp3) is 0.576. The van der Waals surface area contributed by atoms with Crippen molar-refractivity contribution in [3.63, 3.8) is 0 Å². The fourth-order valence-corrected chi connectivity index (χ4v) is 12.9. The summed E-state index contributed by atoms with van der Waals surface area (Å²) in [7, 11) is 0. The number of carbonyl (C=O) groups excluding carboxylic acids is 1. The van der Waals surface area contributed by atoms with E-state index in [1.807, 2.05) is 36.4 Å². The third kappa shape index (κ3) is 12.3. The molecule has 0 bridgehead atoms. The zero-order chi connectivity index (χ0) is 46.8. The summed E-state index contributed by atoms with van der Waals surface area (Å²) in [5.41, 5.74) is 3.79. The van der Waals surface area contributed by atoms with Crippen LogP contribution in [0, 0.1) is 46.3 Å². The van der Waals surface area contributed by atoms with Gasteiger partial charge in [0.05, 0.1) is 31.2 Å². The van der Waals surface area contributed by atoms with Gasteiger partial charge in [-0.2, -0.15) is 10.2 Å². The lowest BCUT2D eigenvalue weighted by atomic mass is 9.47. The minimum atomic E-state index is -0.0320. The number of ether oxygens (including phenoxy) is 4. The van der Waals surface area contributed by atoms with Crippen molar-refractivity contribution in [2.24, 2.45) is 56.6 Å². The maximum atomic E-state index is 13.0. The van der Waals surface area contributed by atoms with Crippen molar-refractivity contribution >= 4 is 28.1 Å². The molecule has 8 atom stereocenters. The molecule has 4 aliphatic carbocycles. The Kier molecular flexibility index (Phi) is 16.3. The number of hydrogen-bond donors (Lipinski definition) is 1. The summed E-state index contributed by atoms with van der Waals surface area (Å²) in [6.07, 6.45) is 21.7. The Morgan fingerprint density at radius 3 is 1.94 bits per heavy atom. The highest BCUT2D eigenvalue weighted by Crippen LogP contribution is 2.67. The monoisotopic (exact) mass is 911 g/mol. The molecule has 8 nitrogen and oxygen atoms in total. The maximum absolute atomic E-state index is 13.0. The van der Waals surface area contributed by atoms with Crippen LogP contribution in [0.15, 0.2) is 107 Å². The highest BCUT2D eigenvalue weighted by molar-refractivity contribution is 5.85. The van der Waals surface area contributed by atoms with E-state index < -0.39 is 0 Å². The molecule has 4 aromatic rings. The molecule has 0 unspecified atom stereocenters. The summed E-state index contributed by atoms with van der Waals surface area (Å²) in [5.74, 6) is 7.72. The van der Waals surface area contributed by atoms with Crippen LogP contribution in [0.3, 0.4) is 0 Å². The molecular formula is C59H78N2O6. The summed E-state index contributed by atoms with van der Waals surface area (Å²) in [4.78, 5) is 13.0. The quantitative estimate of drug-likeness (QED) is 0.0365. The summed E-state index contributed by atoms with van der Waals surface area (Å²) in [6.45, 7) is 14.4. The van der Waals surface area contributed by atoms with Crippen molar-refractivity contribution in [2.75, 3.05) is 19.8 Å². The van der Waals surface area contributed by atoms with Crippen molar-refractivity contribution in [3.05, 3.63) is 96.6 Å². The van der Waals surface area contributed by atoms with E-state index >= 15 is 0 Å². The van der Waals surface area contributed by atoms with Crippen LogP contribution in [-0.2, 0) is 9.53 Å². The van der Waals surface area contributed by atoms with Crippen LogP contribution in [0.4, 0.5) is 11.4 Å². The van der Waals surface area contributed by atoms with Crippen molar-refractivity contribution in [1.82, 2.24) is 0 Å².